The third-order valence-corrected chi connectivity index (χ3v) is 5.76. The molecular formula is C26H23N5O. The van der Waals surface area contributed by atoms with Crippen LogP contribution in [0.15, 0.2) is 78.9 Å². The van der Waals surface area contributed by atoms with Gasteiger partial charge in [-0.25, -0.2) is 4.68 Å². The van der Waals surface area contributed by atoms with Gasteiger partial charge in [0, 0.05) is 17.8 Å². The van der Waals surface area contributed by atoms with E-state index in [-0.39, 0.29) is 6.04 Å². The number of rotatable bonds is 5. The number of hydrogen-bond donors (Lipinski definition) is 2. The number of para-hydroxylation sites is 1. The molecular weight excluding hydrogens is 398 g/mol. The molecule has 0 aliphatic carbocycles. The lowest BCUT2D eigenvalue weighted by molar-refractivity contribution is 0.306. The third kappa shape index (κ3) is 3.65. The molecule has 0 amide bonds. The molecule has 3 aromatic carbocycles. The average Bonchev–Trinajstić information content (AvgIpc) is 3.23. The number of nitrogens with two attached hydrogens (primary N) is 1. The summed E-state index contributed by atoms with van der Waals surface area (Å²) in [5.74, 6) is 1.51. The summed E-state index contributed by atoms with van der Waals surface area (Å²) in [6, 6.07) is 27.9. The summed E-state index contributed by atoms with van der Waals surface area (Å²) >= 11 is 0. The Kier molecular flexibility index (Phi) is 5.22. The summed E-state index contributed by atoms with van der Waals surface area (Å²) < 4.78 is 7.80. The number of nitrogens with zero attached hydrogens (tertiary/aromatic N) is 3. The fourth-order valence-electron chi connectivity index (χ4n) is 4.14. The Hall–Kier alpha value is -4.24. The molecule has 1 aromatic heterocycles. The minimum absolute atomic E-state index is 0.0122. The number of nitriles is 1. The van der Waals surface area contributed by atoms with E-state index in [1.807, 2.05) is 83.5 Å². The van der Waals surface area contributed by atoms with E-state index in [2.05, 4.69) is 11.4 Å². The van der Waals surface area contributed by atoms with Gasteiger partial charge in [-0.3, -0.25) is 0 Å². The van der Waals surface area contributed by atoms with Crippen molar-refractivity contribution in [3.05, 3.63) is 95.6 Å². The lowest BCUT2D eigenvalue weighted by Gasteiger charge is -2.27. The van der Waals surface area contributed by atoms with E-state index in [1.165, 1.54) is 0 Å². The first-order valence-electron chi connectivity index (χ1n) is 10.6. The molecule has 2 heterocycles. The van der Waals surface area contributed by atoms with Gasteiger partial charge in [-0.15, -0.1) is 0 Å². The number of ether oxygens (including phenoxy) is 1. The number of benzene rings is 3. The maximum Gasteiger partial charge on any atom is 0.143 e. The summed E-state index contributed by atoms with van der Waals surface area (Å²) in [5.41, 5.74) is 11.2. The van der Waals surface area contributed by atoms with Crippen LogP contribution in [0.25, 0.3) is 11.3 Å². The topological polar surface area (TPSA) is 88.9 Å². The Labute approximate surface area is 186 Å². The Morgan fingerprint density at radius 1 is 1.03 bits per heavy atom. The Balaban J connectivity index is 1.44. The molecule has 0 bridgehead atoms. The van der Waals surface area contributed by atoms with Gasteiger partial charge in [-0.05, 0) is 47.9 Å². The zero-order valence-electron chi connectivity index (χ0n) is 17.5. The highest BCUT2D eigenvalue weighted by Gasteiger charge is 2.29. The van der Waals surface area contributed by atoms with Gasteiger partial charge in [0.15, 0.2) is 0 Å². The van der Waals surface area contributed by atoms with Crippen molar-refractivity contribution in [2.24, 2.45) is 0 Å². The molecule has 4 aromatic rings. The predicted molar refractivity (Wildman–Crippen MR) is 125 cm³/mol. The Morgan fingerprint density at radius 2 is 1.78 bits per heavy atom. The van der Waals surface area contributed by atoms with E-state index in [0.717, 1.165) is 46.9 Å². The quantitative estimate of drug-likeness (QED) is 0.443. The SMILES string of the molecule is N#Cc1c(-c2ccc(OCc3ccccc3)cc2)nn2c1NCCC2c1ccccc1N. The molecule has 1 unspecified atom stereocenters. The summed E-state index contributed by atoms with van der Waals surface area (Å²) in [5, 5.41) is 18.1. The number of aromatic nitrogens is 2. The van der Waals surface area contributed by atoms with Crippen molar-refractivity contribution in [1.29, 1.82) is 5.26 Å². The minimum atomic E-state index is -0.0122. The number of hydrogen-bond acceptors (Lipinski definition) is 5. The van der Waals surface area contributed by atoms with E-state index < -0.39 is 0 Å². The molecule has 32 heavy (non-hydrogen) atoms. The van der Waals surface area contributed by atoms with Crippen molar-refractivity contribution in [2.75, 3.05) is 17.6 Å². The smallest absolute Gasteiger partial charge is 0.143 e. The molecule has 0 saturated carbocycles. The molecule has 0 spiro atoms. The molecule has 5 rings (SSSR count). The van der Waals surface area contributed by atoms with Crippen LogP contribution in [0.4, 0.5) is 11.5 Å². The first-order valence-corrected chi connectivity index (χ1v) is 10.6. The summed E-state index contributed by atoms with van der Waals surface area (Å²) in [6.07, 6.45) is 0.847. The third-order valence-electron chi connectivity index (χ3n) is 5.76. The van der Waals surface area contributed by atoms with Crippen LogP contribution >= 0.6 is 0 Å². The lowest BCUT2D eigenvalue weighted by Crippen LogP contribution is -2.25. The molecule has 0 saturated heterocycles. The monoisotopic (exact) mass is 421 g/mol. The van der Waals surface area contributed by atoms with Crippen LogP contribution in [0.2, 0.25) is 0 Å². The average molecular weight is 422 g/mol. The Morgan fingerprint density at radius 3 is 2.53 bits per heavy atom. The van der Waals surface area contributed by atoms with Gasteiger partial charge < -0.3 is 15.8 Å². The summed E-state index contributed by atoms with van der Waals surface area (Å²) in [7, 11) is 0. The molecule has 1 aliphatic rings. The highest BCUT2D eigenvalue weighted by molar-refractivity contribution is 5.74. The molecule has 1 atom stereocenters. The van der Waals surface area contributed by atoms with Gasteiger partial charge in [0.05, 0.1) is 6.04 Å². The molecule has 0 fully saturated rings. The standard InChI is InChI=1S/C26H23N5O/c27-16-22-25(19-10-12-20(13-11-19)32-17-18-6-2-1-3-7-18)30-31-24(14-15-29-26(22)31)21-8-4-5-9-23(21)28/h1-13,24,29H,14-15,17,28H2. The number of anilines is 2. The van der Waals surface area contributed by atoms with Crippen LogP contribution in [0.3, 0.4) is 0 Å². The van der Waals surface area contributed by atoms with E-state index in [9.17, 15) is 5.26 Å². The largest absolute Gasteiger partial charge is 0.489 e. The van der Waals surface area contributed by atoms with Crippen LogP contribution in [-0.4, -0.2) is 16.3 Å². The summed E-state index contributed by atoms with van der Waals surface area (Å²) in [4.78, 5) is 0. The van der Waals surface area contributed by atoms with Crippen molar-refractivity contribution in [2.45, 2.75) is 19.1 Å². The second-order valence-electron chi connectivity index (χ2n) is 7.79. The fraction of sp³-hybridized carbons (Fsp3) is 0.154. The van der Waals surface area contributed by atoms with E-state index in [1.54, 1.807) is 0 Å². The fourth-order valence-corrected chi connectivity index (χ4v) is 4.14. The van der Waals surface area contributed by atoms with Crippen molar-refractivity contribution in [3.63, 3.8) is 0 Å². The van der Waals surface area contributed by atoms with Crippen molar-refractivity contribution < 1.29 is 4.74 Å². The van der Waals surface area contributed by atoms with Gasteiger partial charge in [0.2, 0.25) is 0 Å². The van der Waals surface area contributed by atoms with Gasteiger partial charge >= 0.3 is 0 Å². The number of nitrogens with one attached hydrogen (secondary N) is 1. The molecule has 1 aliphatic heterocycles. The van der Waals surface area contributed by atoms with Crippen LogP contribution in [-0.2, 0) is 6.61 Å². The normalized spacial score (nSPS) is 14.8. The molecule has 0 radical (unpaired) electrons. The Bertz CT molecular complexity index is 1270. The van der Waals surface area contributed by atoms with Gasteiger partial charge in [0.25, 0.3) is 0 Å². The van der Waals surface area contributed by atoms with E-state index in [0.29, 0.717) is 17.9 Å². The van der Waals surface area contributed by atoms with Gasteiger partial charge in [-0.1, -0.05) is 48.5 Å². The van der Waals surface area contributed by atoms with Gasteiger partial charge in [0.1, 0.15) is 35.5 Å². The zero-order chi connectivity index (χ0) is 21.9. The predicted octanol–water partition coefficient (Wildman–Crippen LogP) is 4.99. The lowest BCUT2D eigenvalue weighted by atomic mass is 10.0. The summed E-state index contributed by atoms with van der Waals surface area (Å²) in [6.45, 7) is 1.26. The first kappa shape index (κ1) is 19.7. The van der Waals surface area contributed by atoms with E-state index >= 15 is 0 Å². The second-order valence-corrected chi connectivity index (χ2v) is 7.79. The number of nitrogen functional groups attached to an aromatic ring is 1. The van der Waals surface area contributed by atoms with Gasteiger partial charge in [-0.2, -0.15) is 10.4 Å². The van der Waals surface area contributed by atoms with E-state index in [4.69, 9.17) is 15.6 Å². The second kappa shape index (κ2) is 8.48. The maximum absolute atomic E-state index is 9.91. The van der Waals surface area contributed by atoms with Crippen LogP contribution in [0.5, 0.6) is 5.75 Å². The molecule has 6 heteroatoms. The van der Waals surface area contributed by atoms with Crippen molar-refractivity contribution in [1.82, 2.24) is 9.78 Å². The number of fused-ring (bicyclic) bond motifs is 1. The minimum Gasteiger partial charge on any atom is -0.489 e. The van der Waals surface area contributed by atoms with Crippen LogP contribution in [0, 0.1) is 11.3 Å². The highest BCUT2D eigenvalue weighted by atomic mass is 16.5. The zero-order valence-corrected chi connectivity index (χ0v) is 17.5. The first-order chi connectivity index (χ1) is 15.7. The highest BCUT2D eigenvalue weighted by Crippen LogP contribution is 2.38. The maximum atomic E-state index is 9.91. The molecule has 158 valence electrons. The van der Waals surface area contributed by atoms with Crippen LogP contribution < -0.4 is 15.8 Å². The molecule has 6 nitrogen and oxygen atoms in total. The molecule has 3 N–H and O–H groups in total. The van der Waals surface area contributed by atoms with Crippen LogP contribution in [0.1, 0.15) is 29.2 Å². The van der Waals surface area contributed by atoms with Crippen molar-refractivity contribution in [3.8, 4) is 23.1 Å². The van der Waals surface area contributed by atoms with Crippen molar-refractivity contribution >= 4 is 11.5 Å².